The molecule has 19 heavy (non-hydrogen) atoms. The number of nitro benzene ring substituents is 1. The van der Waals surface area contributed by atoms with Crippen LogP contribution in [-0.2, 0) is 0 Å². The van der Waals surface area contributed by atoms with Crippen LogP contribution in [0.1, 0.15) is 11.3 Å². The van der Waals surface area contributed by atoms with Crippen molar-refractivity contribution in [3.63, 3.8) is 0 Å². The minimum Gasteiger partial charge on any atom is -0.455 e. The van der Waals surface area contributed by atoms with Gasteiger partial charge in [0.15, 0.2) is 0 Å². The largest absolute Gasteiger partial charge is 0.455 e. The molecule has 6 nitrogen and oxygen atoms in total. The molecule has 1 heterocycles. The number of benzene rings is 1. The van der Waals surface area contributed by atoms with Crippen molar-refractivity contribution in [3.05, 3.63) is 50.7 Å². The Kier molecular flexibility index (Phi) is 3.52. The fraction of sp³-hybridized carbons (Fsp3) is 0.0833. The molecule has 0 aliphatic carbocycles. The molecule has 0 saturated heterocycles. The summed E-state index contributed by atoms with van der Waals surface area (Å²) < 4.78 is 5.35. The fourth-order valence-corrected chi connectivity index (χ4v) is 1.84. The first-order valence-electron chi connectivity index (χ1n) is 5.25. The Balaban J connectivity index is 2.52. The van der Waals surface area contributed by atoms with Crippen LogP contribution in [0.5, 0.6) is 0 Å². The number of halogens is 1. The van der Waals surface area contributed by atoms with Gasteiger partial charge in [0.2, 0.25) is 0 Å². The van der Waals surface area contributed by atoms with Crippen LogP contribution in [0.25, 0.3) is 11.3 Å². The summed E-state index contributed by atoms with van der Waals surface area (Å²) in [5.41, 5.74) is 0.815. The summed E-state index contributed by atoms with van der Waals surface area (Å²) in [5.74, 6) is 0.733. The summed E-state index contributed by atoms with van der Waals surface area (Å²) in [4.78, 5) is 10.4. The molecule has 98 valence electrons. The van der Waals surface area contributed by atoms with Gasteiger partial charge in [0.25, 0.3) is 5.69 Å². The standard InChI is InChI=1S/C12H9ClN2O4/c1-7-10(13)4-8(5-11(7)15(17)18)12-3-2-9(19-12)6-14-16/h2-6,16H,1H3/b14-6-. The van der Waals surface area contributed by atoms with Gasteiger partial charge in [-0.25, -0.2) is 0 Å². The van der Waals surface area contributed by atoms with Crippen molar-refractivity contribution in [1.82, 2.24) is 0 Å². The van der Waals surface area contributed by atoms with Gasteiger partial charge in [0, 0.05) is 17.2 Å². The third-order valence-electron chi connectivity index (χ3n) is 2.61. The third-order valence-corrected chi connectivity index (χ3v) is 3.00. The molecule has 7 heteroatoms. The highest BCUT2D eigenvalue weighted by atomic mass is 35.5. The normalized spacial score (nSPS) is 11.1. The van der Waals surface area contributed by atoms with Gasteiger partial charge < -0.3 is 9.62 Å². The van der Waals surface area contributed by atoms with Crippen LogP contribution >= 0.6 is 11.6 Å². The highest BCUT2D eigenvalue weighted by Gasteiger charge is 2.17. The lowest BCUT2D eigenvalue weighted by Gasteiger charge is -2.03. The number of nitrogens with zero attached hydrogens (tertiary/aromatic N) is 2. The van der Waals surface area contributed by atoms with Crippen molar-refractivity contribution < 1.29 is 14.5 Å². The van der Waals surface area contributed by atoms with Gasteiger partial charge in [-0.15, -0.1) is 0 Å². The molecule has 1 N–H and O–H groups in total. The predicted octanol–water partition coefficient (Wildman–Crippen LogP) is 3.62. The van der Waals surface area contributed by atoms with Gasteiger partial charge in [0.1, 0.15) is 17.7 Å². The Bertz CT molecular complexity index is 664. The number of rotatable bonds is 3. The second-order valence-electron chi connectivity index (χ2n) is 3.81. The van der Waals surface area contributed by atoms with Crippen molar-refractivity contribution in [1.29, 1.82) is 0 Å². The zero-order chi connectivity index (χ0) is 14.0. The summed E-state index contributed by atoms with van der Waals surface area (Å²) in [6.45, 7) is 1.58. The monoisotopic (exact) mass is 280 g/mol. The van der Waals surface area contributed by atoms with Crippen LogP contribution in [0, 0.1) is 17.0 Å². The van der Waals surface area contributed by atoms with Crippen molar-refractivity contribution in [3.8, 4) is 11.3 Å². The molecule has 1 aromatic heterocycles. The van der Waals surface area contributed by atoms with Crippen LogP contribution in [0.15, 0.2) is 33.8 Å². The minimum absolute atomic E-state index is 0.0729. The fourth-order valence-electron chi connectivity index (χ4n) is 1.63. The second-order valence-corrected chi connectivity index (χ2v) is 4.21. The van der Waals surface area contributed by atoms with Crippen LogP contribution in [0.3, 0.4) is 0 Å². The molecule has 0 spiro atoms. The number of nitro groups is 1. The van der Waals surface area contributed by atoms with E-state index in [0.29, 0.717) is 22.6 Å². The average molecular weight is 281 g/mol. The molecule has 1 aromatic carbocycles. The number of oxime groups is 1. The van der Waals surface area contributed by atoms with E-state index in [1.165, 1.54) is 6.07 Å². The molecule has 0 radical (unpaired) electrons. The van der Waals surface area contributed by atoms with Gasteiger partial charge in [-0.1, -0.05) is 16.8 Å². The molecule has 0 atom stereocenters. The summed E-state index contributed by atoms with van der Waals surface area (Å²) >= 11 is 5.97. The second kappa shape index (κ2) is 5.11. The lowest BCUT2D eigenvalue weighted by atomic mass is 10.1. The zero-order valence-corrected chi connectivity index (χ0v) is 10.6. The molecular formula is C12H9ClN2O4. The number of hydrogen-bond acceptors (Lipinski definition) is 5. The van der Waals surface area contributed by atoms with Crippen LogP contribution in [0.4, 0.5) is 5.69 Å². The maximum absolute atomic E-state index is 10.9. The van der Waals surface area contributed by atoms with Crippen LogP contribution in [0.2, 0.25) is 5.02 Å². The number of furan rings is 1. The van der Waals surface area contributed by atoms with Crippen molar-refractivity contribution in [2.45, 2.75) is 6.92 Å². The Morgan fingerprint density at radius 3 is 2.84 bits per heavy atom. The molecule has 0 bridgehead atoms. The summed E-state index contributed by atoms with van der Waals surface area (Å²) in [7, 11) is 0. The van der Waals surface area contributed by atoms with E-state index >= 15 is 0 Å². The van der Waals surface area contributed by atoms with Crippen molar-refractivity contribution in [2.24, 2.45) is 5.16 Å². The Morgan fingerprint density at radius 1 is 1.47 bits per heavy atom. The van der Waals surface area contributed by atoms with E-state index in [1.807, 2.05) is 0 Å². The molecule has 0 fully saturated rings. The molecule has 0 aliphatic rings. The Labute approximate surface area is 113 Å². The summed E-state index contributed by atoms with van der Waals surface area (Å²) in [6.07, 6.45) is 1.12. The van der Waals surface area contributed by atoms with E-state index in [1.54, 1.807) is 25.1 Å². The molecule has 0 unspecified atom stereocenters. The van der Waals surface area contributed by atoms with E-state index < -0.39 is 4.92 Å². The minimum atomic E-state index is -0.496. The molecule has 2 aromatic rings. The number of hydrogen-bond donors (Lipinski definition) is 1. The molecule has 0 amide bonds. The topological polar surface area (TPSA) is 88.9 Å². The maximum atomic E-state index is 10.9. The van der Waals surface area contributed by atoms with E-state index in [-0.39, 0.29) is 10.7 Å². The summed E-state index contributed by atoms with van der Waals surface area (Å²) in [5, 5.41) is 22.5. The first-order chi connectivity index (χ1) is 9.02. The molecule has 2 rings (SSSR count). The third kappa shape index (κ3) is 2.58. The van der Waals surface area contributed by atoms with E-state index in [0.717, 1.165) is 6.21 Å². The smallest absolute Gasteiger partial charge is 0.274 e. The van der Waals surface area contributed by atoms with Gasteiger partial charge in [-0.2, -0.15) is 0 Å². The lowest BCUT2D eigenvalue weighted by Crippen LogP contribution is -1.93. The SMILES string of the molecule is Cc1c(Cl)cc(-c2ccc(/C=N\O)o2)cc1[N+](=O)[O-]. The van der Waals surface area contributed by atoms with Crippen molar-refractivity contribution >= 4 is 23.5 Å². The molecule has 0 aliphatic heterocycles. The van der Waals surface area contributed by atoms with E-state index in [4.69, 9.17) is 21.2 Å². The summed E-state index contributed by atoms with van der Waals surface area (Å²) in [6, 6.07) is 6.17. The van der Waals surface area contributed by atoms with Gasteiger partial charge in [-0.3, -0.25) is 10.1 Å². The van der Waals surface area contributed by atoms with Crippen LogP contribution in [-0.4, -0.2) is 16.3 Å². The van der Waals surface area contributed by atoms with Crippen molar-refractivity contribution in [2.75, 3.05) is 0 Å². The van der Waals surface area contributed by atoms with Crippen LogP contribution < -0.4 is 0 Å². The first-order valence-corrected chi connectivity index (χ1v) is 5.63. The van der Waals surface area contributed by atoms with E-state index in [2.05, 4.69) is 5.16 Å². The first kappa shape index (κ1) is 13.1. The molecular weight excluding hydrogens is 272 g/mol. The maximum Gasteiger partial charge on any atom is 0.274 e. The van der Waals surface area contributed by atoms with Gasteiger partial charge >= 0.3 is 0 Å². The lowest BCUT2D eigenvalue weighted by molar-refractivity contribution is -0.385. The predicted molar refractivity (Wildman–Crippen MR) is 69.9 cm³/mol. The zero-order valence-electron chi connectivity index (χ0n) is 9.83. The Morgan fingerprint density at radius 2 is 2.21 bits per heavy atom. The highest BCUT2D eigenvalue weighted by Crippen LogP contribution is 2.33. The quantitative estimate of drug-likeness (QED) is 0.402. The average Bonchev–Trinajstić information content (AvgIpc) is 2.81. The van der Waals surface area contributed by atoms with E-state index in [9.17, 15) is 10.1 Å². The molecule has 0 saturated carbocycles. The van der Waals surface area contributed by atoms with Gasteiger partial charge in [0.05, 0.1) is 9.95 Å². The highest BCUT2D eigenvalue weighted by molar-refractivity contribution is 6.32. The Hall–Kier alpha value is -2.34. The van der Waals surface area contributed by atoms with Gasteiger partial charge in [-0.05, 0) is 25.1 Å².